The van der Waals surface area contributed by atoms with Crippen molar-refractivity contribution in [3.05, 3.63) is 23.8 Å². The maximum Gasteiger partial charge on any atom is 0.332 e. The van der Waals surface area contributed by atoms with Gasteiger partial charge in [-0.2, -0.15) is 0 Å². The van der Waals surface area contributed by atoms with E-state index in [0.717, 1.165) is 46.1 Å². The number of fused-ring (bicyclic) bond motifs is 4. The molecule has 2 N–H and O–H groups in total. The van der Waals surface area contributed by atoms with E-state index in [4.69, 9.17) is 12.2 Å². The predicted octanol–water partition coefficient (Wildman–Crippen LogP) is 1.94. The highest BCUT2D eigenvalue weighted by Gasteiger charge is 2.63. The number of rotatable bonds is 2. The summed E-state index contributed by atoms with van der Waals surface area (Å²) in [4.78, 5) is 43.5. The second-order valence-corrected chi connectivity index (χ2v) is 9.02. The van der Waals surface area contributed by atoms with Crippen LogP contribution in [0.3, 0.4) is 0 Å². The largest absolute Gasteiger partial charge is 0.367 e. The summed E-state index contributed by atoms with van der Waals surface area (Å²) in [7, 11) is 2.91. The summed E-state index contributed by atoms with van der Waals surface area (Å²) in [5.74, 6) is -0.818. The molecule has 1 aromatic rings. The van der Waals surface area contributed by atoms with Crippen molar-refractivity contribution in [2.24, 2.45) is 5.41 Å². The average Bonchev–Trinajstić information content (AvgIpc) is 3.19. The first-order valence-electron chi connectivity index (χ1n) is 10.2. The SMILES string of the molecule is CC(C)NC(=S)Nc1ccc2c(c1)CC1(C(=O)N(C)C(=O)N(C)C1=O)C1CCCN21. The summed E-state index contributed by atoms with van der Waals surface area (Å²) in [6, 6.07) is 5.33. The number of nitrogens with one attached hydrogen (secondary N) is 2. The fourth-order valence-electron chi connectivity index (χ4n) is 5.03. The number of nitrogens with zero attached hydrogens (tertiary/aromatic N) is 3. The molecule has 0 aromatic heterocycles. The molecule has 30 heavy (non-hydrogen) atoms. The van der Waals surface area contributed by atoms with E-state index in [0.29, 0.717) is 5.11 Å². The molecule has 2 fully saturated rings. The van der Waals surface area contributed by atoms with Gasteiger partial charge >= 0.3 is 6.03 Å². The normalized spacial score (nSPS) is 22.5. The predicted molar refractivity (Wildman–Crippen MR) is 118 cm³/mol. The van der Waals surface area contributed by atoms with Crippen molar-refractivity contribution in [2.75, 3.05) is 30.9 Å². The van der Waals surface area contributed by atoms with E-state index in [2.05, 4.69) is 15.5 Å². The highest BCUT2D eigenvalue weighted by Crippen LogP contribution is 2.49. The zero-order valence-electron chi connectivity index (χ0n) is 17.7. The van der Waals surface area contributed by atoms with Crippen LogP contribution in [0.1, 0.15) is 32.3 Å². The molecular formula is C21H27N5O3S. The molecule has 3 aliphatic rings. The number of carbonyl (C=O) groups excluding carboxylic acids is 3. The van der Waals surface area contributed by atoms with Gasteiger partial charge in [0.05, 0.1) is 6.04 Å². The molecule has 0 aliphatic carbocycles. The standard InChI is InChI=1S/C21H27N5O3S/c1-12(2)22-19(30)23-14-7-8-15-13(10-14)11-21(16-6-5-9-26(15)16)17(27)24(3)20(29)25(4)18(21)28/h7-8,10,12,16H,5-6,9,11H2,1-4H3,(H2,22,23,30). The van der Waals surface area contributed by atoms with Gasteiger partial charge in [-0.3, -0.25) is 19.4 Å². The van der Waals surface area contributed by atoms with Crippen LogP contribution in [0.5, 0.6) is 0 Å². The zero-order valence-corrected chi connectivity index (χ0v) is 18.5. The molecule has 1 unspecified atom stereocenters. The molecule has 0 radical (unpaired) electrons. The Morgan fingerprint density at radius 2 is 1.83 bits per heavy atom. The lowest BCUT2D eigenvalue weighted by atomic mass is 9.68. The molecule has 3 heterocycles. The minimum atomic E-state index is -1.28. The molecule has 0 saturated carbocycles. The van der Waals surface area contributed by atoms with Gasteiger partial charge in [-0.05, 0) is 69.1 Å². The van der Waals surface area contributed by atoms with Crippen molar-refractivity contribution in [2.45, 2.75) is 45.2 Å². The van der Waals surface area contributed by atoms with Gasteiger partial charge in [0, 0.05) is 38.1 Å². The first-order valence-corrected chi connectivity index (χ1v) is 10.6. The van der Waals surface area contributed by atoms with Crippen molar-refractivity contribution in [3.63, 3.8) is 0 Å². The van der Waals surface area contributed by atoms with Crippen LogP contribution in [-0.4, -0.2) is 65.5 Å². The van der Waals surface area contributed by atoms with Crippen molar-refractivity contribution in [1.29, 1.82) is 0 Å². The van der Waals surface area contributed by atoms with Crippen molar-refractivity contribution in [1.82, 2.24) is 15.1 Å². The molecule has 2 saturated heterocycles. The van der Waals surface area contributed by atoms with E-state index in [9.17, 15) is 14.4 Å². The van der Waals surface area contributed by atoms with Crippen molar-refractivity contribution in [3.8, 4) is 0 Å². The second kappa shape index (κ2) is 7.23. The quantitative estimate of drug-likeness (QED) is 0.549. The number of anilines is 2. The van der Waals surface area contributed by atoms with Crippen LogP contribution >= 0.6 is 12.2 Å². The number of imide groups is 2. The Bertz CT molecular complexity index is 923. The Morgan fingerprint density at radius 1 is 1.17 bits per heavy atom. The van der Waals surface area contributed by atoms with Crippen LogP contribution < -0.4 is 15.5 Å². The average molecular weight is 430 g/mol. The highest BCUT2D eigenvalue weighted by molar-refractivity contribution is 7.80. The summed E-state index contributed by atoms with van der Waals surface area (Å²) >= 11 is 5.35. The fraction of sp³-hybridized carbons (Fsp3) is 0.524. The van der Waals surface area contributed by atoms with E-state index in [1.54, 1.807) is 0 Å². The van der Waals surface area contributed by atoms with Crippen molar-refractivity contribution < 1.29 is 14.4 Å². The first kappa shape index (κ1) is 20.6. The van der Waals surface area contributed by atoms with E-state index in [-0.39, 0.29) is 18.5 Å². The Morgan fingerprint density at radius 3 is 2.47 bits per heavy atom. The number of carbonyl (C=O) groups is 3. The van der Waals surface area contributed by atoms with E-state index in [1.807, 2.05) is 32.0 Å². The monoisotopic (exact) mass is 429 g/mol. The van der Waals surface area contributed by atoms with E-state index in [1.165, 1.54) is 14.1 Å². The molecule has 160 valence electrons. The Hall–Kier alpha value is -2.68. The molecule has 4 amide bonds. The second-order valence-electron chi connectivity index (χ2n) is 8.61. The van der Waals surface area contributed by atoms with Gasteiger partial charge in [0.1, 0.15) is 0 Å². The third kappa shape index (κ3) is 2.94. The Balaban J connectivity index is 1.75. The maximum absolute atomic E-state index is 13.4. The van der Waals surface area contributed by atoms with Gasteiger partial charge in [-0.1, -0.05) is 0 Å². The van der Waals surface area contributed by atoms with Gasteiger partial charge in [0.25, 0.3) is 0 Å². The van der Waals surface area contributed by atoms with Gasteiger partial charge in [0.15, 0.2) is 10.5 Å². The molecule has 9 heteroatoms. The lowest BCUT2D eigenvalue weighted by Gasteiger charge is -2.50. The number of thiocarbonyl (C=S) groups is 1. The van der Waals surface area contributed by atoms with Gasteiger partial charge in [-0.25, -0.2) is 4.79 Å². The van der Waals surface area contributed by atoms with Crippen LogP contribution in [0.2, 0.25) is 0 Å². The Kier molecular flexibility index (Phi) is 4.96. The maximum atomic E-state index is 13.4. The number of hydrogen-bond donors (Lipinski definition) is 2. The number of barbiturate groups is 1. The molecule has 1 aromatic carbocycles. The number of urea groups is 1. The molecule has 4 rings (SSSR count). The topological polar surface area (TPSA) is 85.0 Å². The highest BCUT2D eigenvalue weighted by atomic mass is 32.1. The minimum Gasteiger partial charge on any atom is -0.367 e. The zero-order chi connectivity index (χ0) is 21.8. The summed E-state index contributed by atoms with van der Waals surface area (Å²) in [6.45, 7) is 4.79. The van der Waals surface area contributed by atoms with Crippen LogP contribution in [0.25, 0.3) is 0 Å². The summed E-state index contributed by atoms with van der Waals surface area (Å²) in [5.41, 5.74) is 1.46. The van der Waals surface area contributed by atoms with Crippen molar-refractivity contribution >= 4 is 46.6 Å². The van der Waals surface area contributed by atoms with Crippen LogP contribution in [-0.2, 0) is 16.0 Å². The summed E-state index contributed by atoms with van der Waals surface area (Å²) in [6.07, 6.45) is 1.91. The van der Waals surface area contributed by atoms with Crippen LogP contribution in [0.4, 0.5) is 16.2 Å². The van der Waals surface area contributed by atoms with Crippen LogP contribution in [0, 0.1) is 5.41 Å². The Labute approximate surface area is 181 Å². The fourth-order valence-corrected chi connectivity index (χ4v) is 5.38. The minimum absolute atomic E-state index is 0.206. The molecule has 1 atom stereocenters. The van der Waals surface area contributed by atoms with E-state index < -0.39 is 23.3 Å². The summed E-state index contributed by atoms with van der Waals surface area (Å²) in [5, 5.41) is 6.84. The third-order valence-electron chi connectivity index (χ3n) is 6.30. The molecule has 3 aliphatic heterocycles. The third-order valence-corrected chi connectivity index (χ3v) is 6.52. The molecule has 0 bridgehead atoms. The van der Waals surface area contributed by atoms with Gasteiger partial charge in [-0.15, -0.1) is 0 Å². The van der Waals surface area contributed by atoms with Gasteiger partial charge in [0.2, 0.25) is 11.8 Å². The first-order chi connectivity index (χ1) is 14.2. The summed E-state index contributed by atoms with van der Waals surface area (Å²) < 4.78 is 0. The number of amides is 4. The molecular weight excluding hydrogens is 402 g/mol. The molecule has 1 spiro atoms. The molecule has 8 nitrogen and oxygen atoms in total. The van der Waals surface area contributed by atoms with E-state index >= 15 is 0 Å². The smallest absolute Gasteiger partial charge is 0.332 e. The lowest BCUT2D eigenvalue weighted by Crippen LogP contribution is -2.70. The van der Waals surface area contributed by atoms with Crippen LogP contribution in [0.15, 0.2) is 18.2 Å². The lowest BCUT2D eigenvalue weighted by molar-refractivity contribution is -0.159. The van der Waals surface area contributed by atoms with Gasteiger partial charge < -0.3 is 15.5 Å². The number of benzene rings is 1. The number of hydrogen-bond acceptors (Lipinski definition) is 5.